The zero-order chi connectivity index (χ0) is 59.3. The molecule has 16 N–H and O–H groups in total. The van der Waals surface area contributed by atoms with E-state index in [4.69, 9.17) is 0 Å². The quantitative estimate of drug-likeness (QED) is 0.176. The van der Waals surface area contributed by atoms with Gasteiger partial charge in [0.15, 0.2) is 0 Å². The molecule has 8 saturated carbocycles. The van der Waals surface area contributed by atoms with Crippen molar-refractivity contribution in [1.29, 1.82) is 0 Å². The number of rotatable bonds is 2. The molecule has 16 bridgehead atoms. The van der Waals surface area contributed by atoms with Gasteiger partial charge in [0.25, 0.3) is 0 Å². The van der Waals surface area contributed by atoms with Gasteiger partial charge in [-0.15, -0.1) is 0 Å². The van der Waals surface area contributed by atoms with Gasteiger partial charge in [0.05, 0.1) is 98.7 Å². The molecule has 18 rings (SSSR count). The average molecular weight is 1330 g/mol. The van der Waals surface area contributed by atoms with E-state index in [1.54, 1.807) is 0 Å². The van der Waals surface area contributed by atoms with Crippen molar-refractivity contribution in [3.63, 3.8) is 0 Å². The Hall–Kier alpha value is -0.787. The molecule has 0 spiro atoms. The number of nitrogens with one attached hydrogen (secondary N) is 16. The first-order valence-electron chi connectivity index (χ1n) is 37.0. The Balaban J connectivity index is 0.000000138. The fraction of sp³-hybridized carbons (Fsp3) is 0.970. The van der Waals surface area contributed by atoms with Crippen LogP contribution < -0.4 is 95.3 Å². The van der Waals surface area contributed by atoms with Crippen molar-refractivity contribution < 1.29 is 37.1 Å². The Morgan fingerprint density at radius 2 is 0.352 bits per heavy atom. The van der Waals surface area contributed by atoms with Gasteiger partial charge >= 0.3 is 27.0 Å². The summed E-state index contributed by atoms with van der Waals surface area (Å²) < 4.78 is 0. The van der Waals surface area contributed by atoms with Crippen LogP contribution in [0.25, 0.3) is 0 Å². The average Bonchev–Trinajstić information content (AvgIpc) is 2.30. The molecule has 22 heteroatoms. The predicted octanol–water partition coefficient (Wildman–Crippen LogP) is 1.85. The van der Waals surface area contributed by atoms with E-state index in [0.717, 1.165) is 38.5 Å². The number of aliphatic carboxylic acids is 2. The molecule has 494 valence electrons. The Morgan fingerprint density at radius 3 is 0.511 bits per heavy atom. The van der Waals surface area contributed by atoms with Crippen LogP contribution in [-0.4, -0.2) is 111 Å². The van der Waals surface area contributed by atoms with Crippen LogP contribution in [0.15, 0.2) is 0 Å². The molecule has 18 fully saturated rings. The summed E-state index contributed by atoms with van der Waals surface area (Å²) in [6.45, 7) is 0. The van der Waals surface area contributed by atoms with Crippen molar-refractivity contribution >= 4 is 21.6 Å². The Morgan fingerprint density at radius 1 is 0.216 bits per heavy atom. The van der Waals surface area contributed by atoms with Gasteiger partial charge in [-0.1, -0.05) is 89.9 Å². The standard InChI is InChI=1S/2C33H56N8O2.ClH.Rh/c2*42-33(43)23-15-7-14-22-24(23)32-40-30-21-13-6-5-12-20(21)28(38-30)36-26-17-9-2-1-8-16(17)25(34-26)35-27-18-10-3-4-11-19(18)29(37-27)39-31(22)41-32;;/h2*16-32,34-41H,1-15H2,(H,42,43);1H;/q;;;+3/p-3. The fourth-order valence-electron chi connectivity index (χ4n) is 24.7. The van der Waals surface area contributed by atoms with E-state index in [2.05, 4.69) is 94.8 Å². The van der Waals surface area contributed by atoms with Gasteiger partial charge in [-0.2, -0.15) is 0 Å². The summed E-state index contributed by atoms with van der Waals surface area (Å²) in [5.74, 6) is 5.66. The van der Waals surface area contributed by atoms with Crippen molar-refractivity contribution in [3.05, 3.63) is 0 Å². The summed E-state index contributed by atoms with van der Waals surface area (Å²) in [6.07, 6.45) is 40.3. The molecule has 18 aliphatic rings. The number of fused-ring (bicyclic) bond motifs is 40. The molecule has 10 saturated heterocycles. The Kier molecular flexibility index (Phi) is 18.8. The molecule has 0 aromatic heterocycles. The maximum absolute atomic E-state index is 12.5. The van der Waals surface area contributed by atoms with Crippen molar-refractivity contribution in [2.75, 3.05) is 0 Å². The first kappa shape index (κ1) is 62.0. The SMILES string of the molecule is O=C([O-])C1CCCC2C3NC4NC(NC5NC(NC6NC(NC(N3)C12)C1CCCCC61)C1CCCCC51)C1CCCCC41.O=C([O-])C1CCCC2C3NC4NC(NC5NC(NC6NC(NC(N3)C12)C1CCCCC61)C1CCCCC51)C1CCCCC41.[Cl][Rh+2]. The maximum atomic E-state index is 12.5. The van der Waals surface area contributed by atoms with Crippen LogP contribution in [0.2, 0.25) is 0 Å². The molecule has 34 unspecified atom stereocenters. The third kappa shape index (κ3) is 11.5. The monoisotopic (exact) mass is 1330 g/mol. The Bertz CT molecular complexity index is 2270. The summed E-state index contributed by atoms with van der Waals surface area (Å²) in [4.78, 5) is 25.0. The van der Waals surface area contributed by atoms with E-state index in [0.29, 0.717) is 120 Å². The van der Waals surface area contributed by atoms with E-state index in [1.165, 1.54) is 154 Å². The van der Waals surface area contributed by atoms with Crippen LogP contribution in [0.3, 0.4) is 0 Å². The van der Waals surface area contributed by atoms with Gasteiger partial charge in [0.1, 0.15) is 0 Å². The molecule has 10 heterocycles. The fourth-order valence-corrected chi connectivity index (χ4v) is 24.7. The van der Waals surface area contributed by atoms with E-state index in [-0.39, 0.29) is 73.5 Å². The third-order valence-electron chi connectivity index (χ3n) is 28.4. The Labute approximate surface area is 538 Å². The second-order valence-electron chi connectivity index (χ2n) is 32.2. The number of hydrogen-bond donors (Lipinski definition) is 16. The summed E-state index contributed by atoms with van der Waals surface area (Å²) in [5, 5.41) is 90.7. The van der Waals surface area contributed by atoms with Gasteiger partial charge < -0.3 is 19.8 Å². The third-order valence-corrected chi connectivity index (χ3v) is 28.4. The van der Waals surface area contributed by atoms with Gasteiger partial charge in [-0.05, 0) is 186 Å². The van der Waals surface area contributed by atoms with E-state index < -0.39 is 23.8 Å². The minimum absolute atomic E-state index is 0.0355. The number of carboxylic acids is 2. The molecule has 34 atom stereocenters. The van der Waals surface area contributed by atoms with E-state index >= 15 is 0 Å². The van der Waals surface area contributed by atoms with E-state index in [1.807, 2.05) is 17.3 Å². The number of carboxylic acid groups (broad SMARTS) is 2. The predicted molar refractivity (Wildman–Crippen MR) is 328 cm³/mol. The normalized spacial score (nSPS) is 54.8. The van der Waals surface area contributed by atoms with Crippen LogP contribution in [0.4, 0.5) is 0 Å². The molecule has 0 radical (unpaired) electrons. The van der Waals surface area contributed by atoms with Crippen molar-refractivity contribution in [3.8, 4) is 0 Å². The van der Waals surface area contributed by atoms with Gasteiger partial charge in [0, 0.05) is 35.6 Å². The van der Waals surface area contributed by atoms with Crippen molar-refractivity contribution in [1.82, 2.24) is 85.1 Å². The van der Waals surface area contributed by atoms with Crippen LogP contribution in [0.1, 0.15) is 193 Å². The first-order valence-corrected chi connectivity index (χ1v) is 39.1. The second-order valence-corrected chi connectivity index (χ2v) is 32.2. The zero-order valence-corrected chi connectivity index (χ0v) is 54.6. The molecule has 10 aliphatic heterocycles. The van der Waals surface area contributed by atoms with Gasteiger partial charge in [-0.3, -0.25) is 85.1 Å². The summed E-state index contributed by atoms with van der Waals surface area (Å²) in [6, 6.07) is 0. The van der Waals surface area contributed by atoms with Gasteiger partial charge in [0.2, 0.25) is 0 Å². The number of halogens is 1. The molecular weight excluding hydrogens is 1220 g/mol. The van der Waals surface area contributed by atoms with Crippen LogP contribution >= 0.6 is 9.69 Å². The summed E-state index contributed by atoms with van der Waals surface area (Å²) in [7, 11) is 4.53. The molecule has 0 amide bonds. The van der Waals surface area contributed by atoms with Crippen molar-refractivity contribution in [2.45, 2.75) is 291 Å². The molecule has 0 aromatic carbocycles. The van der Waals surface area contributed by atoms with Crippen LogP contribution in [0, 0.1) is 107 Å². The first-order chi connectivity index (χ1) is 43.2. The minimum atomic E-state index is -0.857. The molecular formula is C66H110ClN16O4Rh. The van der Waals surface area contributed by atoms with Crippen LogP contribution in [0.5, 0.6) is 0 Å². The van der Waals surface area contributed by atoms with E-state index in [9.17, 15) is 19.8 Å². The molecule has 8 aliphatic carbocycles. The molecule has 20 nitrogen and oxygen atoms in total. The summed E-state index contributed by atoms with van der Waals surface area (Å²) in [5.41, 5.74) is 0. The molecule has 0 aromatic rings. The molecule has 88 heavy (non-hydrogen) atoms. The number of hydrogen-bond acceptors (Lipinski definition) is 20. The number of carbonyl (C=O) groups excluding carboxylic acids is 2. The second kappa shape index (κ2) is 26.7. The van der Waals surface area contributed by atoms with Crippen LogP contribution in [-0.2, 0) is 26.9 Å². The zero-order valence-electron chi connectivity index (χ0n) is 52.2. The van der Waals surface area contributed by atoms with Gasteiger partial charge in [-0.25, -0.2) is 0 Å². The van der Waals surface area contributed by atoms with Crippen molar-refractivity contribution in [2.24, 2.45) is 107 Å². The number of carbonyl (C=O) groups is 2. The topological polar surface area (TPSA) is 273 Å². The summed E-state index contributed by atoms with van der Waals surface area (Å²) >= 11 is 2.02.